The summed E-state index contributed by atoms with van der Waals surface area (Å²) in [6, 6.07) is 10.5. The zero-order valence-corrected chi connectivity index (χ0v) is 15.6. The molecule has 1 amide bonds. The Balaban J connectivity index is 2.02. The average molecular weight is 386 g/mol. The standard InChI is InChI=1S/C20H22N2O6/c1-13(23)16-9-6-10-22(19(16)26)11-17(25)21-18(14(2)24)20(27)28-12-15-7-4-3-5-8-15/h3-10,14,18,24H,11-12H2,1-2H3,(H,21,25). The van der Waals surface area contributed by atoms with Crippen molar-refractivity contribution in [1.82, 2.24) is 9.88 Å². The molecule has 0 aliphatic heterocycles. The van der Waals surface area contributed by atoms with Crippen LogP contribution in [0, 0.1) is 0 Å². The van der Waals surface area contributed by atoms with E-state index >= 15 is 0 Å². The molecule has 28 heavy (non-hydrogen) atoms. The average Bonchev–Trinajstić information content (AvgIpc) is 2.66. The van der Waals surface area contributed by atoms with Gasteiger partial charge in [-0.2, -0.15) is 0 Å². The highest BCUT2D eigenvalue weighted by molar-refractivity contribution is 5.93. The van der Waals surface area contributed by atoms with E-state index in [2.05, 4.69) is 5.32 Å². The summed E-state index contributed by atoms with van der Waals surface area (Å²) in [7, 11) is 0. The molecule has 0 fully saturated rings. The molecule has 1 heterocycles. The Labute approximate surface area is 161 Å². The molecule has 0 bridgehead atoms. The van der Waals surface area contributed by atoms with Crippen molar-refractivity contribution >= 4 is 17.7 Å². The van der Waals surface area contributed by atoms with Crippen LogP contribution in [0.15, 0.2) is 53.5 Å². The fourth-order valence-corrected chi connectivity index (χ4v) is 2.50. The largest absolute Gasteiger partial charge is 0.459 e. The lowest BCUT2D eigenvalue weighted by molar-refractivity contribution is -0.152. The number of nitrogens with zero attached hydrogens (tertiary/aromatic N) is 1. The van der Waals surface area contributed by atoms with Gasteiger partial charge < -0.3 is 19.7 Å². The fourth-order valence-electron chi connectivity index (χ4n) is 2.50. The van der Waals surface area contributed by atoms with E-state index in [9.17, 15) is 24.3 Å². The van der Waals surface area contributed by atoms with E-state index in [4.69, 9.17) is 4.74 Å². The van der Waals surface area contributed by atoms with Crippen LogP contribution in [-0.2, 0) is 27.5 Å². The quantitative estimate of drug-likeness (QED) is 0.509. The van der Waals surface area contributed by atoms with Gasteiger partial charge in [0.15, 0.2) is 11.8 Å². The minimum Gasteiger partial charge on any atom is -0.459 e. The SMILES string of the molecule is CC(=O)c1cccn(CC(=O)NC(C(=O)OCc2ccccc2)C(C)O)c1=O. The van der Waals surface area contributed by atoms with E-state index in [1.54, 1.807) is 24.3 Å². The zero-order chi connectivity index (χ0) is 20.7. The van der Waals surface area contributed by atoms with Crippen LogP contribution in [-0.4, -0.2) is 39.5 Å². The van der Waals surface area contributed by atoms with Crippen LogP contribution in [0.3, 0.4) is 0 Å². The third kappa shape index (κ3) is 5.62. The first-order valence-corrected chi connectivity index (χ1v) is 8.68. The van der Waals surface area contributed by atoms with Gasteiger partial charge in [0.05, 0.1) is 11.7 Å². The predicted octanol–water partition coefficient (Wildman–Crippen LogP) is 0.660. The maximum Gasteiger partial charge on any atom is 0.331 e. The van der Waals surface area contributed by atoms with Crippen LogP contribution in [0.5, 0.6) is 0 Å². The summed E-state index contributed by atoms with van der Waals surface area (Å²) in [5.41, 5.74) is 0.120. The number of pyridine rings is 1. The number of carbonyl (C=O) groups is 3. The van der Waals surface area contributed by atoms with E-state index < -0.39 is 41.9 Å². The number of Topliss-reactive ketones (excluding diaryl/α,β-unsaturated/α-hetero) is 1. The zero-order valence-electron chi connectivity index (χ0n) is 15.6. The molecule has 2 aromatic rings. The summed E-state index contributed by atoms with van der Waals surface area (Å²) in [4.78, 5) is 48.1. The van der Waals surface area contributed by atoms with Gasteiger partial charge in [-0.05, 0) is 31.5 Å². The van der Waals surface area contributed by atoms with Gasteiger partial charge in [0.2, 0.25) is 5.91 Å². The molecule has 2 atom stereocenters. The summed E-state index contributed by atoms with van der Waals surface area (Å²) >= 11 is 0. The number of amides is 1. The first-order chi connectivity index (χ1) is 13.3. The number of esters is 1. The van der Waals surface area contributed by atoms with E-state index in [0.717, 1.165) is 10.1 Å². The summed E-state index contributed by atoms with van der Waals surface area (Å²) in [5.74, 6) is -1.88. The highest BCUT2D eigenvalue weighted by atomic mass is 16.5. The van der Waals surface area contributed by atoms with Gasteiger partial charge in [0, 0.05) is 6.20 Å². The molecule has 148 valence electrons. The Morgan fingerprint density at radius 1 is 1.14 bits per heavy atom. The molecule has 0 aliphatic rings. The van der Waals surface area contributed by atoms with Crippen molar-refractivity contribution < 1.29 is 24.2 Å². The van der Waals surface area contributed by atoms with Gasteiger partial charge in [0.25, 0.3) is 5.56 Å². The van der Waals surface area contributed by atoms with Crippen molar-refractivity contribution in [2.24, 2.45) is 0 Å². The second-order valence-corrected chi connectivity index (χ2v) is 6.29. The minimum absolute atomic E-state index is 0.00111. The van der Waals surface area contributed by atoms with Gasteiger partial charge in [0.1, 0.15) is 13.2 Å². The molecule has 8 nitrogen and oxygen atoms in total. The maximum absolute atomic E-state index is 12.3. The molecule has 2 rings (SSSR count). The second-order valence-electron chi connectivity index (χ2n) is 6.29. The molecule has 1 aromatic carbocycles. The van der Waals surface area contributed by atoms with Crippen molar-refractivity contribution in [2.75, 3.05) is 0 Å². The first-order valence-electron chi connectivity index (χ1n) is 8.68. The molecule has 2 N–H and O–H groups in total. The number of benzene rings is 1. The topological polar surface area (TPSA) is 115 Å². The Hall–Kier alpha value is -3.26. The predicted molar refractivity (Wildman–Crippen MR) is 101 cm³/mol. The van der Waals surface area contributed by atoms with E-state index in [1.165, 1.54) is 32.2 Å². The lowest BCUT2D eigenvalue weighted by atomic mass is 10.2. The number of carbonyl (C=O) groups excluding carboxylic acids is 3. The first kappa shape index (κ1) is 21.0. The van der Waals surface area contributed by atoms with Crippen molar-refractivity contribution in [3.05, 3.63) is 70.1 Å². The number of aliphatic hydroxyl groups is 1. The van der Waals surface area contributed by atoms with Crippen molar-refractivity contribution in [3.63, 3.8) is 0 Å². The van der Waals surface area contributed by atoms with Gasteiger partial charge in [-0.15, -0.1) is 0 Å². The molecular formula is C20H22N2O6. The summed E-state index contributed by atoms with van der Waals surface area (Å²) in [5, 5.41) is 12.2. The van der Waals surface area contributed by atoms with Crippen molar-refractivity contribution in [1.29, 1.82) is 0 Å². The number of ketones is 1. The number of ether oxygens (including phenoxy) is 1. The van der Waals surface area contributed by atoms with Crippen LogP contribution in [0.4, 0.5) is 0 Å². The van der Waals surface area contributed by atoms with Gasteiger partial charge in [-0.1, -0.05) is 30.3 Å². The summed E-state index contributed by atoms with van der Waals surface area (Å²) in [6.07, 6.45) is 0.159. The molecule has 0 saturated carbocycles. The normalized spacial score (nSPS) is 12.7. The molecular weight excluding hydrogens is 364 g/mol. The lowest BCUT2D eigenvalue weighted by Gasteiger charge is -2.20. The Morgan fingerprint density at radius 2 is 1.82 bits per heavy atom. The van der Waals surface area contributed by atoms with Crippen LogP contribution in [0.1, 0.15) is 29.8 Å². The Morgan fingerprint density at radius 3 is 2.43 bits per heavy atom. The van der Waals surface area contributed by atoms with Crippen molar-refractivity contribution in [3.8, 4) is 0 Å². The molecule has 2 unspecified atom stereocenters. The van der Waals surface area contributed by atoms with E-state index in [0.29, 0.717) is 0 Å². The molecule has 0 radical (unpaired) electrons. The van der Waals surface area contributed by atoms with Crippen LogP contribution in [0.25, 0.3) is 0 Å². The van der Waals surface area contributed by atoms with Crippen LogP contribution >= 0.6 is 0 Å². The maximum atomic E-state index is 12.3. The van der Waals surface area contributed by atoms with Gasteiger partial charge in [-0.25, -0.2) is 4.79 Å². The second kappa shape index (κ2) is 9.61. The minimum atomic E-state index is -1.29. The summed E-state index contributed by atoms with van der Waals surface area (Å²) < 4.78 is 6.21. The van der Waals surface area contributed by atoms with Gasteiger partial charge in [-0.3, -0.25) is 14.4 Å². The third-order valence-corrected chi connectivity index (χ3v) is 3.99. The summed E-state index contributed by atoms with van der Waals surface area (Å²) in [6.45, 7) is 2.19. The van der Waals surface area contributed by atoms with E-state index in [1.807, 2.05) is 6.07 Å². The highest BCUT2D eigenvalue weighted by Crippen LogP contribution is 2.04. The Kier molecular flexibility index (Phi) is 7.22. The smallest absolute Gasteiger partial charge is 0.331 e. The fraction of sp³-hybridized carbons (Fsp3) is 0.300. The monoisotopic (exact) mass is 386 g/mol. The molecule has 8 heteroatoms. The number of nitrogens with one attached hydrogen (secondary N) is 1. The molecule has 0 spiro atoms. The number of hydrogen-bond donors (Lipinski definition) is 2. The molecule has 1 aromatic heterocycles. The number of hydrogen-bond acceptors (Lipinski definition) is 6. The Bertz CT molecular complexity index is 904. The number of rotatable bonds is 8. The molecule has 0 aliphatic carbocycles. The van der Waals surface area contributed by atoms with E-state index in [-0.39, 0.29) is 12.2 Å². The highest BCUT2D eigenvalue weighted by Gasteiger charge is 2.27. The van der Waals surface area contributed by atoms with Gasteiger partial charge >= 0.3 is 5.97 Å². The third-order valence-electron chi connectivity index (χ3n) is 3.99. The molecule has 0 saturated heterocycles. The van der Waals surface area contributed by atoms with Crippen molar-refractivity contribution in [2.45, 2.75) is 39.1 Å². The van der Waals surface area contributed by atoms with Crippen LogP contribution in [0.2, 0.25) is 0 Å². The lowest BCUT2D eigenvalue weighted by Crippen LogP contribution is -2.50. The number of aliphatic hydroxyl groups excluding tert-OH is 1. The van der Waals surface area contributed by atoms with Crippen LogP contribution < -0.4 is 10.9 Å². The number of aromatic nitrogens is 1.